The normalized spacial score (nSPS) is 23.8. The summed E-state index contributed by atoms with van der Waals surface area (Å²) in [4.78, 5) is 5.23. The van der Waals surface area contributed by atoms with E-state index in [2.05, 4.69) is 53.0 Å². The summed E-state index contributed by atoms with van der Waals surface area (Å²) in [6.45, 7) is 6.55. The lowest BCUT2D eigenvalue weighted by Gasteiger charge is -2.52. The Morgan fingerprint density at radius 2 is 2.00 bits per heavy atom. The van der Waals surface area contributed by atoms with E-state index in [0.717, 1.165) is 41.6 Å². The molecule has 1 aliphatic carbocycles. The number of aryl methyl sites for hydroxylation is 1. The van der Waals surface area contributed by atoms with Crippen LogP contribution in [0.25, 0.3) is 10.9 Å². The molecule has 0 amide bonds. The topological polar surface area (TPSA) is 22.1 Å². The standard InChI is InChI=1S/C18H22BrNO/c1-4-18(5-2)15(19)11-16(18)21-14-8-6-7-13-10-9-12(3)20-17(13)14/h6-10,15-16H,4-5,11H2,1-3H3. The maximum atomic E-state index is 6.39. The van der Waals surface area contributed by atoms with Crippen molar-refractivity contribution in [1.29, 1.82) is 0 Å². The van der Waals surface area contributed by atoms with Gasteiger partial charge in [0.05, 0.1) is 0 Å². The second-order valence-electron chi connectivity index (χ2n) is 6.03. The minimum atomic E-state index is 0.256. The monoisotopic (exact) mass is 347 g/mol. The predicted octanol–water partition coefficient (Wildman–Crippen LogP) is 5.26. The lowest BCUT2D eigenvalue weighted by atomic mass is 9.62. The van der Waals surface area contributed by atoms with Gasteiger partial charge in [0.15, 0.2) is 0 Å². The van der Waals surface area contributed by atoms with Crippen LogP contribution in [0.4, 0.5) is 0 Å². The molecular formula is C18H22BrNO. The van der Waals surface area contributed by atoms with Gasteiger partial charge in [-0.2, -0.15) is 0 Å². The highest BCUT2D eigenvalue weighted by molar-refractivity contribution is 9.09. The number of halogens is 1. The molecular weight excluding hydrogens is 326 g/mol. The third kappa shape index (κ3) is 2.36. The van der Waals surface area contributed by atoms with Crippen LogP contribution in [-0.2, 0) is 0 Å². The Bertz CT molecular complexity index is 651. The number of rotatable bonds is 4. The van der Waals surface area contributed by atoms with Crippen LogP contribution in [0, 0.1) is 12.3 Å². The van der Waals surface area contributed by atoms with Gasteiger partial charge in [-0.1, -0.05) is 48.0 Å². The molecule has 1 saturated carbocycles. The maximum Gasteiger partial charge on any atom is 0.145 e. The van der Waals surface area contributed by atoms with Crippen LogP contribution in [0.2, 0.25) is 0 Å². The fourth-order valence-corrected chi connectivity index (χ4v) is 4.76. The molecule has 112 valence electrons. The minimum absolute atomic E-state index is 0.256. The van der Waals surface area contributed by atoms with Crippen LogP contribution in [0.5, 0.6) is 5.75 Å². The minimum Gasteiger partial charge on any atom is -0.487 e. The van der Waals surface area contributed by atoms with Gasteiger partial charge >= 0.3 is 0 Å². The van der Waals surface area contributed by atoms with Gasteiger partial charge in [-0.05, 0) is 38.3 Å². The summed E-state index contributed by atoms with van der Waals surface area (Å²) >= 11 is 3.82. The molecule has 1 heterocycles. The molecule has 3 heteroatoms. The number of nitrogens with zero attached hydrogens (tertiary/aromatic N) is 1. The number of pyridine rings is 1. The molecule has 1 aromatic carbocycles. The number of aromatic nitrogens is 1. The first-order valence-electron chi connectivity index (χ1n) is 7.78. The molecule has 0 spiro atoms. The zero-order valence-corrected chi connectivity index (χ0v) is 14.5. The molecule has 0 aliphatic heterocycles. The second-order valence-corrected chi connectivity index (χ2v) is 7.14. The van der Waals surface area contributed by atoms with Gasteiger partial charge in [0.1, 0.15) is 17.4 Å². The zero-order chi connectivity index (χ0) is 15.0. The highest BCUT2D eigenvalue weighted by Gasteiger charge is 2.53. The number of alkyl halides is 1. The van der Waals surface area contributed by atoms with Crippen molar-refractivity contribution >= 4 is 26.8 Å². The summed E-state index contributed by atoms with van der Waals surface area (Å²) < 4.78 is 6.39. The van der Waals surface area contributed by atoms with E-state index in [-0.39, 0.29) is 11.5 Å². The molecule has 3 rings (SSSR count). The lowest BCUT2D eigenvalue weighted by Crippen LogP contribution is -2.56. The average Bonchev–Trinajstić information content (AvgIpc) is 2.48. The molecule has 1 fully saturated rings. The van der Waals surface area contributed by atoms with Crippen LogP contribution >= 0.6 is 15.9 Å². The number of hydrogen-bond donors (Lipinski definition) is 0. The van der Waals surface area contributed by atoms with Crippen molar-refractivity contribution < 1.29 is 4.74 Å². The van der Waals surface area contributed by atoms with E-state index in [9.17, 15) is 0 Å². The highest BCUT2D eigenvalue weighted by Crippen LogP contribution is 2.53. The van der Waals surface area contributed by atoms with Crippen molar-refractivity contribution in [3.05, 3.63) is 36.0 Å². The fraction of sp³-hybridized carbons (Fsp3) is 0.500. The van der Waals surface area contributed by atoms with Crippen molar-refractivity contribution in [2.75, 3.05) is 0 Å². The fourth-order valence-electron chi connectivity index (χ4n) is 3.48. The van der Waals surface area contributed by atoms with E-state index >= 15 is 0 Å². The van der Waals surface area contributed by atoms with E-state index in [4.69, 9.17) is 4.74 Å². The van der Waals surface area contributed by atoms with Gasteiger partial charge in [0, 0.05) is 21.3 Å². The van der Waals surface area contributed by atoms with Crippen LogP contribution in [0.1, 0.15) is 38.8 Å². The van der Waals surface area contributed by atoms with E-state index in [1.54, 1.807) is 0 Å². The van der Waals surface area contributed by atoms with Crippen LogP contribution in [0.3, 0.4) is 0 Å². The third-order valence-corrected chi connectivity index (χ3v) is 6.38. The van der Waals surface area contributed by atoms with E-state index in [0.29, 0.717) is 4.83 Å². The summed E-state index contributed by atoms with van der Waals surface area (Å²) in [6, 6.07) is 10.4. The Hall–Kier alpha value is -1.09. The molecule has 1 aromatic heterocycles. The molecule has 2 nitrogen and oxygen atoms in total. The SMILES string of the molecule is CCC1(CC)C(Br)CC1Oc1cccc2ccc(C)nc12. The first-order valence-corrected chi connectivity index (χ1v) is 8.69. The molecule has 2 aromatic rings. The Labute approximate surface area is 135 Å². The smallest absolute Gasteiger partial charge is 0.145 e. The number of fused-ring (bicyclic) bond motifs is 1. The lowest BCUT2D eigenvalue weighted by molar-refractivity contribution is -0.0403. The van der Waals surface area contributed by atoms with Gasteiger partial charge in [-0.15, -0.1) is 0 Å². The van der Waals surface area contributed by atoms with Crippen molar-refractivity contribution in [3.63, 3.8) is 0 Å². The third-order valence-electron chi connectivity index (χ3n) is 5.09. The molecule has 2 atom stereocenters. The molecule has 1 aliphatic rings. The Balaban J connectivity index is 1.94. The summed E-state index contributed by atoms with van der Waals surface area (Å²) in [5, 5.41) is 1.14. The first-order chi connectivity index (χ1) is 10.1. The Kier molecular flexibility index (Phi) is 3.96. The Morgan fingerprint density at radius 1 is 1.24 bits per heavy atom. The maximum absolute atomic E-state index is 6.39. The van der Waals surface area contributed by atoms with Crippen LogP contribution in [-0.4, -0.2) is 15.9 Å². The van der Waals surface area contributed by atoms with Gasteiger partial charge in [-0.25, -0.2) is 4.98 Å². The van der Waals surface area contributed by atoms with Gasteiger partial charge < -0.3 is 4.74 Å². The van der Waals surface area contributed by atoms with Crippen LogP contribution < -0.4 is 4.74 Å². The molecule has 0 bridgehead atoms. The van der Waals surface area contributed by atoms with E-state index in [1.807, 2.05) is 19.1 Å². The van der Waals surface area contributed by atoms with Gasteiger partial charge in [0.25, 0.3) is 0 Å². The van der Waals surface area contributed by atoms with E-state index in [1.165, 1.54) is 0 Å². The Morgan fingerprint density at radius 3 is 2.67 bits per heavy atom. The second kappa shape index (κ2) is 5.60. The molecule has 0 N–H and O–H groups in total. The van der Waals surface area contributed by atoms with Crippen LogP contribution in [0.15, 0.2) is 30.3 Å². The number of ether oxygens (including phenoxy) is 1. The van der Waals surface area contributed by atoms with Crippen molar-refractivity contribution in [1.82, 2.24) is 4.98 Å². The van der Waals surface area contributed by atoms with Gasteiger partial charge in [-0.3, -0.25) is 0 Å². The molecule has 2 unspecified atom stereocenters. The molecule has 0 saturated heterocycles. The quantitative estimate of drug-likeness (QED) is 0.703. The molecule has 0 radical (unpaired) electrons. The molecule has 21 heavy (non-hydrogen) atoms. The average molecular weight is 348 g/mol. The number of hydrogen-bond acceptors (Lipinski definition) is 2. The van der Waals surface area contributed by atoms with E-state index < -0.39 is 0 Å². The predicted molar refractivity (Wildman–Crippen MR) is 91.2 cm³/mol. The van der Waals surface area contributed by atoms with Crippen molar-refractivity contribution in [2.24, 2.45) is 5.41 Å². The summed E-state index contributed by atoms with van der Waals surface area (Å²) in [5.41, 5.74) is 2.27. The highest BCUT2D eigenvalue weighted by atomic mass is 79.9. The number of benzene rings is 1. The summed E-state index contributed by atoms with van der Waals surface area (Å²) in [6.07, 6.45) is 3.64. The van der Waals surface area contributed by atoms with Gasteiger partial charge in [0.2, 0.25) is 0 Å². The van der Waals surface area contributed by atoms with Crippen molar-refractivity contribution in [3.8, 4) is 5.75 Å². The summed E-state index contributed by atoms with van der Waals surface area (Å²) in [5.74, 6) is 0.923. The largest absolute Gasteiger partial charge is 0.487 e. The zero-order valence-electron chi connectivity index (χ0n) is 12.9. The number of para-hydroxylation sites is 1. The summed E-state index contributed by atoms with van der Waals surface area (Å²) in [7, 11) is 0. The van der Waals surface area contributed by atoms with Crippen molar-refractivity contribution in [2.45, 2.75) is 51.0 Å². The first kappa shape index (κ1) is 14.8.